The summed E-state index contributed by atoms with van der Waals surface area (Å²) in [5.74, 6) is -0.0654. The Morgan fingerprint density at radius 3 is 1.01 bits per heavy atom. The van der Waals surface area contributed by atoms with Crippen molar-refractivity contribution in [1.82, 2.24) is 5.32 Å². The van der Waals surface area contributed by atoms with Gasteiger partial charge in [0.05, 0.1) is 25.4 Å². The van der Waals surface area contributed by atoms with Crippen molar-refractivity contribution in [2.24, 2.45) is 0 Å². The Hall–Kier alpha value is -1.92. The topological polar surface area (TPSA) is 95.9 Å². The average Bonchev–Trinajstić information content (AvgIpc) is 3.43. The largest absolute Gasteiger partial charge is 0.466 e. The number of hydrogen-bond acceptors (Lipinski definition) is 5. The Morgan fingerprint density at radius 1 is 0.364 bits per heavy atom. The van der Waals surface area contributed by atoms with Crippen molar-refractivity contribution in [3.05, 3.63) is 36.5 Å². The third-order valence-electron chi connectivity index (χ3n) is 16.2. The number of unbranched alkanes of at least 4 members (excludes halogenated alkanes) is 50. The first kappa shape index (κ1) is 75.1. The molecule has 3 N–H and O–H groups in total. The molecule has 454 valence electrons. The number of hydrogen-bond donors (Lipinski definition) is 3. The summed E-state index contributed by atoms with van der Waals surface area (Å²) < 4.78 is 5.48. The lowest BCUT2D eigenvalue weighted by Gasteiger charge is -2.20. The summed E-state index contributed by atoms with van der Waals surface area (Å²) in [6.45, 7) is 4.90. The van der Waals surface area contributed by atoms with E-state index < -0.39 is 12.1 Å². The zero-order valence-corrected chi connectivity index (χ0v) is 52.0. The number of carbonyl (C=O) groups is 2. The van der Waals surface area contributed by atoms with Crippen LogP contribution in [0.1, 0.15) is 380 Å². The molecule has 0 aliphatic rings. The molecule has 0 aromatic carbocycles. The van der Waals surface area contributed by atoms with Crippen LogP contribution in [0.5, 0.6) is 0 Å². The van der Waals surface area contributed by atoms with Crippen molar-refractivity contribution in [2.45, 2.75) is 392 Å². The molecule has 6 heteroatoms. The molecule has 0 radical (unpaired) electrons. The molecule has 77 heavy (non-hydrogen) atoms. The minimum atomic E-state index is -0.846. The van der Waals surface area contributed by atoms with Gasteiger partial charge >= 0.3 is 5.97 Å². The molecule has 0 spiro atoms. The van der Waals surface area contributed by atoms with Gasteiger partial charge in [-0.25, -0.2) is 0 Å². The number of aliphatic hydroxyl groups is 2. The summed E-state index contributed by atoms with van der Waals surface area (Å²) in [4.78, 5) is 24.6. The van der Waals surface area contributed by atoms with Crippen LogP contribution in [0, 0.1) is 0 Å². The van der Waals surface area contributed by atoms with E-state index in [0.717, 1.165) is 51.4 Å². The van der Waals surface area contributed by atoms with Crippen molar-refractivity contribution in [2.75, 3.05) is 13.2 Å². The minimum Gasteiger partial charge on any atom is -0.466 e. The second-order valence-electron chi connectivity index (χ2n) is 23.9. The molecule has 1 amide bonds. The van der Waals surface area contributed by atoms with E-state index in [1.807, 2.05) is 6.08 Å². The fourth-order valence-corrected chi connectivity index (χ4v) is 10.8. The predicted octanol–water partition coefficient (Wildman–Crippen LogP) is 22.3. The van der Waals surface area contributed by atoms with E-state index in [-0.39, 0.29) is 18.5 Å². The number of aliphatic hydroxyl groups excluding tert-OH is 2. The molecule has 0 rings (SSSR count). The Bertz CT molecular complexity index is 1250. The maximum Gasteiger partial charge on any atom is 0.305 e. The zero-order chi connectivity index (χ0) is 55.7. The van der Waals surface area contributed by atoms with Crippen molar-refractivity contribution in [3.63, 3.8) is 0 Å². The Balaban J connectivity index is 3.42. The molecule has 2 unspecified atom stereocenters. The van der Waals surface area contributed by atoms with Gasteiger partial charge in [-0.05, 0) is 64.2 Å². The van der Waals surface area contributed by atoms with E-state index in [1.165, 1.54) is 302 Å². The molecule has 0 aliphatic carbocycles. The van der Waals surface area contributed by atoms with Gasteiger partial charge in [0.1, 0.15) is 0 Å². The van der Waals surface area contributed by atoms with Crippen molar-refractivity contribution in [1.29, 1.82) is 0 Å². The summed E-state index contributed by atoms with van der Waals surface area (Å²) in [7, 11) is 0. The van der Waals surface area contributed by atoms with E-state index >= 15 is 0 Å². The van der Waals surface area contributed by atoms with E-state index in [2.05, 4.69) is 43.5 Å². The van der Waals surface area contributed by atoms with Crippen LogP contribution in [0.15, 0.2) is 36.5 Å². The van der Waals surface area contributed by atoms with Crippen LogP contribution < -0.4 is 5.32 Å². The lowest BCUT2D eigenvalue weighted by molar-refractivity contribution is -0.143. The standard InChI is InChI=1S/C71H135NO5/c1-3-5-7-9-11-13-15-17-19-20-21-22-23-26-29-32-36-39-43-47-51-55-59-63-69(74)68(67-73)72-70(75)64-60-56-52-48-44-40-37-33-30-27-24-25-28-31-34-38-42-46-50-54-58-62-66-77-71(76)65-61-57-53-49-45-41-35-18-16-14-12-10-8-6-4-2/h12,14,18,35,59,63,68-69,73-74H,3-11,13,15-17,19-34,36-58,60-62,64-67H2,1-2H3,(H,72,75)/b14-12-,35-18-,63-59+. The maximum absolute atomic E-state index is 12.5. The number of nitrogens with one attached hydrogen (secondary N) is 1. The third kappa shape index (κ3) is 63.1. The van der Waals surface area contributed by atoms with Gasteiger partial charge < -0.3 is 20.3 Å². The second-order valence-corrected chi connectivity index (χ2v) is 23.9. The molecule has 0 fully saturated rings. The fraction of sp³-hybridized carbons (Fsp3) is 0.887. The number of esters is 1. The van der Waals surface area contributed by atoms with Crippen molar-refractivity contribution < 1.29 is 24.5 Å². The van der Waals surface area contributed by atoms with Crippen LogP contribution in [0.4, 0.5) is 0 Å². The molecule has 0 saturated carbocycles. The molecule has 6 nitrogen and oxygen atoms in total. The fourth-order valence-electron chi connectivity index (χ4n) is 10.8. The highest BCUT2D eigenvalue weighted by atomic mass is 16.5. The van der Waals surface area contributed by atoms with E-state index in [0.29, 0.717) is 19.4 Å². The summed E-state index contributed by atoms with van der Waals surface area (Å²) in [6, 6.07) is -0.630. The lowest BCUT2D eigenvalue weighted by Crippen LogP contribution is -2.45. The Kier molecular flexibility index (Phi) is 64.9. The minimum absolute atomic E-state index is 0.000776. The quantitative estimate of drug-likeness (QED) is 0.0320. The monoisotopic (exact) mass is 1080 g/mol. The molecular formula is C71H135NO5. The Labute approximate surface area is 481 Å². The average molecular weight is 1080 g/mol. The third-order valence-corrected chi connectivity index (χ3v) is 16.2. The number of amides is 1. The van der Waals surface area contributed by atoms with Crippen molar-refractivity contribution in [3.8, 4) is 0 Å². The molecule has 0 aromatic rings. The Morgan fingerprint density at radius 2 is 0.649 bits per heavy atom. The summed E-state index contributed by atoms with van der Waals surface area (Å²) >= 11 is 0. The molecule has 0 aliphatic heterocycles. The van der Waals surface area contributed by atoms with E-state index in [4.69, 9.17) is 4.74 Å². The van der Waals surface area contributed by atoms with Gasteiger partial charge in [0.25, 0.3) is 0 Å². The molecule has 0 aromatic heterocycles. The number of carbonyl (C=O) groups excluding carboxylic acids is 2. The van der Waals surface area contributed by atoms with Crippen LogP contribution in [-0.4, -0.2) is 47.4 Å². The SMILES string of the molecule is CCCCC/C=C\C/C=C\CCCCCCCC(=O)OCCCCCCCCCCCCCCCCCCCCCCCCC(=O)NC(CO)C(O)/C=C/CCCCCCCCCCCCCCCCCCCCCCC. The number of ether oxygens (including phenoxy) is 1. The van der Waals surface area contributed by atoms with E-state index in [1.54, 1.807) is 6.08 Å². The van der Waals surface area contributed by atoms with Gasteiger partial charge in [-0.1, -0.05) is 339 Å². The van der Waals surface area contributed by atoms with Crippen molar-refractivity contribution >= 4 is 11.9 Å². The molecule has 0 heterocycles. The van der Waals surface area contributed by atoms with Crippen LogP contribution in [0.2, 0.25) is 0 Å². The summed E-state index contributed by atoms with van der Waals surface area (Å²) in [6.07, 6.45) is 85.0. The number of rotatable bonds is 65. The van der Waals surface area contributed by atoms with Crippen LogP contribution in [0.25, 0.3) is 0 Å². The van der Waals surface area contributed by atoms with Gasteiger partial charge in [0.2, 0.25) is 5.91 Å². The van der Waals surface area contributed by atoms with Crippen LogP contribution in [-0.2, 0) is 14.3 Å². The normalized spacial score (nSPS) is 12.7. The van der Waals surface area contributed by atoms with Crippen LogP contribution >= 0.6 is 0 Å². The van der Waals surface area contributed by atoms with Gasteiger partial charge in [-0.3, -0.25) is 9.59 Å². The first-order chi connectivity index (χ1) is 38.0. The highest BCUT2D eigenvalue weighted by Gasteiger charge is 2.18. The summed E-state index contributed by atoms with van der Waals surface area (Å²) in [5.41, 5.74) is 0. The molecule has 0 bridgehead atoms. The predicted molar refractivity (Wildman–Crippen MR) is 338 cm³/mol. The number of allylic oxidation sites excluding steroid dienone is 5. The first-order valence-electron chi connectivity index (χ1n) is 34.8. The van der Waals surface area contributed by atoms with Gasteiger partial charge in [-0.15, -0.1) is 0 Å². The van der Waals surface area contributed by atoms with E-state index in [9.17, 15) is 19.8 Å². The van der Waals surface area contributed by atoms with Gasteiger partial charge in [0.15, 0.2) is 0 Å². The summed E-state index contributed by atoms with van der Waals surface area (Å²) in [5, 5.41) is 23.3. The molecule has 2 atom stereocenters. The zero-order valence-electron chi connectivity index (χ0n) is 52.0. The highest BCUT2D eigenvalue weighted by Crippen LogP contribution is 2.19. The van der Waals surface area contributed by atoms with Crippen LogP contribution in [0.3, 0.4) is 0 Å². The maximum atomic E-state index is 12.5. The second kappa shape index (κ2) is 66.6. The lowest BCUT2D eigenvalue weighted by atomic mass is 10.0. The molecule has 0 saturated heterocycles. The first-order valence-corrected chi connectivity index (χ1v) is 34.8. The highest BCUT2D eigenvalue weighted by molar-refractivity contribution is 5.76. The van der Waals surface area contributed by atoms with Gasteiger partial charge in [-0.2, -0.15) is 0 Å². The van der Waals surface area contributed by atoms with Gasteiger partial charge in [0, 0.05) is 12.8 Å². The smallest absolute Gasteiger partial charge is 0.305 e. The molecular weight excluding hydrogens is 947 g/mol.